The number of benzene rings is 1. The molecular weight excluding hydrogens is 380 g/mol. The Morgan fingerprint density at radius 1 is 1.20 bits per heavy atom. The Morgan fingerprint density at radius 2 is 1.96 bits per heavy atom. The van der Waals surface area contributed by atoms with E-state index in [-0.39, 0.29) is 5.91 Å². The van der Waals surface area contributed by atoms with Crippen molar-refractivity contribution in [2.75, 3.05) is 13.1 Å². The number of piperidine rings is 1. The minimum absolute atomic E-state index is 0.0202. The molecule has 1 saturated heterocycles. The standard InChI is InChI=1S/C20H21BrN2O2/c1-12-3-4-16-15(11-12)13(2)19(22-16)14-7-9-23(10-8-14)20(24)17-5-6-18(21)25-17/h3-6,11,14,22H,7-10H2,1-2H3. The molecule has 4 nitrogen and oxygen atoms in total. The summed E-state index contributed by atoms with van der Waals surface area (Å²) in [6.45, 7) is 5.85. The lowest BCUT2D eigenvalue weighted by atomic mass is 9.91. The van der Waals surface area contributed by atoms with E-state index in [1.807, 2.05) is 4.90 Å². The number of furan rings is 1. The van der Waals surface area contributed by atoms with Gasteiger partial charge in [0.05, 0.1) is 0 Å². The van der Waals surface area contributed by atoms with Gasteiger partial charge >= 0.3 is 0 Å². The number of carbonyl (C=O) groups excluding carboxylic acids is 1. The van der Waals surface area contributed by atoms with Crippen LogP contribution in [0.25, 0.3) is 10.9 Å². The van der Waals surface area contributed by atoms with Gasteiger partial charge in [-0.05, 0) is 72.4 Å². The van der Waals surface area contributed by atoms with E-state index in [2.05, 4.69) is 53.0 Å². The summed E-state index contributed by atoms with van der Waals surface area (Å²) in [4.78, 5) is 18.0. The fraction of sp³-hybridized carbons (Fsp3) is 0.350. The lowest BCUT2D eigenvalue weighted by molar-refractivity contribution is 0.0678. The van der Waals surface area contributed by atoms with E-state index in [9.17, 15) is 4.79 Å². The van der Waals surface area contributed by atoms with Crippen LogP contribution >= 0.6 is 15.9 Å². The molecule has 0 aliphatic carbocycles. The lowest BCUT2D eigenvalue weighted by Gasteiger charge is -2.31. The molecule has 0 unspecified atom stereocenters. The Labute approximate surface area is 155 Å². The summed E-state index contributed by atoms with van der Waals surface area (Å²) in [5, 5.41) is 1.31. The van der Waals surface area contributed by atoms with E-state index in [1.165, 1.54) is 27.7 Å². The minimum atomic E-state index is -0.0202. The SMILES string of the molecule is Cc1ccc2[nH]c(C3CCN(C(=O)c4ccc(Br)o4)CC3)c(C)c2c1. The van der Waals surface area contributed by atoms with E-state index >= 15 is 0 Å². The Morgan fingerprint density at radius 3 is 2.64 bits per heavy atom. The fourth-order valence-corrected chi connectivity index (χ4v) is 4.13. The van der Waals surface area contributed by atoms with Crippen molar-refractivity contribution in [1.29, 1.82) is 0 Å². The van der Waals surface area contributed by atoms with Crippen LogP contribution in [0.5, 0.6) is 0 Å². The van der Waals surface area contributed by atoms with Gasteiger partial charge in [0, 0.05) is 35.6 Å². The monoisotopic (exact) mass is 400 g/mol. The summed E-state index contributed by atoms with van der Waals surface area (Å²) >= 11 is 3.25. The van der Waals surface area contributed by atoms with Crippen molar-refractivity contribution in [3.05, 3.63) is 57.6 Å². The molecule has 1 amide bonds. The average molecular weight is 401 g/mol. The van der Waals surface area contributed by atoms with E-state index in [4.69, 9.17) is 4.42 Å². The largest absolute Gasteiger partial charge is 0.444 e. The summed E-state index contributed by atoms with van der Waals surface area (Å²) in [7, 11) is 0. The highest BCUT2D eigenvalue weighted by Crippen LogP contribution is 2.34. The molecule has 1 aliphatic heterocycles. The highest BCUT2D eigenvalue weighted by atomic mass is 79.9. The molecule has 4 rings (SSSR count). The van der Waals surface area contributed by atoms with Crippen LogP contribution in [0.15, 0.2) is 39.4 Å². The zero-order valence-corrected chi connectivity index (χ0v) is 16.0. The summed E-state index contributed by atoms with van der Waals surface area (Å²) in [5.41, 5.74) is 5.16. The molecule has 3 heterocycles. The average Bonchev–Trinajstić information content (AvgIpc) is 3.19. The first-order valence-corrected chi connectivity index (χ1v) is 9.45. The van der Waals surface area contributed by atoms with Crippen molar-refractivity contribution in [1.82, 2.24) is 9.88 Å². The van der Waals surface area contributed by atoms with Crippen LogP contribution in [0.4, 0.5) is 0 Å². The predicted molar refractivity (Wildman–Crippen MR) is 102 cm³/mol. The Bertz CT molecular complexity index is 932. The van der Waals surface area contributed by atoms with Gasteiger partial charge in [0.1, 0.15) is 0 Å². The van der Waals surface area contributed by atoms with Crippen molar-refractivity contribution < 1.29 is 9.21 Å². The molecule has 5 heteroatoms. The molecule has 0 saturated carbocycles. The van der Waals surface area contributed by atoms with Crippen LogP contribution < -0.4 is 0 Å². The van der Waals surface area contributed by atoms with Crippen molar-refractivity contribution in [2.24, 2.45) is 0 Å². The van der Waals surface area contributed by atoms with Gasteiger partial charge in [-0.15, -0.1) is 0 Å². The molecule has 1 fully saturated rings. The van der Waals surface area contributed by atoms with E-state index in [0.29, 0.717) is 16.3 Å². The molecule has 0 radical (unpaired) electrons. The van der Waals surface area contributed by atoms with Gasteiger partial charge in [-0.3, -0.25) is 4.79 Å². The number of hydrogen-bond acceptors (Lipinski definition) is 2. The number of amides is 1. The van der Waals surface area contributed by atoms with Crippen LogP contribution in [0.3, 0.4) is 0 Å². The van der Waals surface area contributed by atoms with Crippen molar-refractivity contribution in [3.63, 3.8) is 0 Å². The van der Waals surface area contributed by atoms with Crippen LogP contribution in [0, 0.1) is 13.8 Å². The predicted octanol–water partition coefficient (Wildman–Crippen LogP) is 5.16. The number of fused-ring (bicyclic) bond motifs is 1. The molecular formula is C20H21BrN2O2. The second-order valence-electron chi connectivity index (χ2n) is 6.88. The van der Waals surface area contributed by atoms with Crippen LogP contribution in [-0.4, -0.2) is 28.9 Å². The third kappa shape index (κ3) is 3.01. The van der Waals surface area contributed by atoms with Gasteiger partial charge in [0.15, 0.2) is 10.4 Å². The number of halogens is 1. The second-order valence-corrected chi connectivity index (χ2v) is 7.66. The maximum atomic E-state index is 12.5. The van der Waals surface area contributed by atoms with E-state index in [0.717, 1.165) is 25.9 Å². The number of nitrogens with zero attached hydrogens (tertiary/aromatic N) is 1. The third-order valence-electron chi connectivity index (χ3n) is 5.23. The molecule has 1 aliphatic rings. The van der Waals surface area contributed by atoms with Gasteiger partial charge in [-0.1, -0.05) is 11.6 Å². The highest BCUT2D eigenvalue weighted by molar-refractivity contribution is 9.10. The molecule has 1 N–H and O–H groups in total. The molecule has 1 aromatic carbocycles. The smallest absolute Gasteiger partial charge is 0.289 e. The summed E-state index contributed by atoms with van der Waals surface area (Å²) in [6, 6.07) is 10.0. The second kappa shape index (κ2) is 6.37. The number of likely N-dealkylation sites (tertiary alicyclic amines) is 1. The van der Waals surface area contributed by atoms with Crippen LogP contribution in [0.2, 0.25) is 0 Å². The first-order valence-electron chi connectivity index (χ1n) is 8.66. The first-order chi connectivity index (χ1) is 12.0. The van der Waals surface area contributed by atoms with Crippen molar-refractivity contribution in [3.8, 4) is 0 Å². The number of H-pyrrole nitrogens is 1. The van der Waals surface area contributed by atoms with Gasteiger partial charge < -0.3 is 14.3 Å². The molecule has 2 aromatic heterocycles. The van der Waals surface area contributed by atoms with Gasteiger partial charge in [0.25, 0.3) is 5.91 Å². The molecule has 0 bridgehead atoms. The maximum Gasteiger partial charge on any atom is 0.289 e. The summed E-state index contributed by atoms with van der Waals surface area (Å²) in [6.07, 6.45) is 1.94. The lowest BCUT2D eigenvalue weighted by Crippen LogP contribution is -2.37. The quantitative estimate of drug-likeness (QED) is 0.645. The number of hydrogen-bond donors (Lipinski definition) is 1. The topological polar surface area (TPSA) is 49.2 Å². The molecule has 0 spiro atoms. The Balaban J connectivity index is 1.50. The normalized spacial score (nSPS) is 15.9. The first kappa shape index (κ1) is 16.5. The summed E-state index contributed by atoms with van der Waals surface area (Å²) < 4.78 is 5.99. The Kier molecular flexibility index (Phi) is 4.20. The minimum Gasteiger partial charge on any atom is -0.444 e. The van der Waals surface area contributed by atoms with Crippen molar-refractivity contribution in [2.45, 2.75) is 32.6 Å². The van der Waals surface area contributed by atoms with Gasteiger partial charge in [-0.25, -0.2) is 0 Å². The third-order valence-corrected chi connectivity index (χ3v) is 5.65. The maximum absolute atomic E-state index is 12.5. The zero-order valence-electron chi connectivity index (χ0n) is 14.4. The Hall–Kier alpha value is -2.01. The number of aromatic amines is 1. The fourth-order valence-electron chi connectivity index (χ4n) is 3.83. The van der Waals surface area contributed by atoms with E-state index < -0.39 is 0 Å². The van der Waals surface area contributed by atoms with Crippen molar-refractivity contribution >= 4 is 32.7 Å². The van der Waals surface area contributed by atoms with Gasteiger partial charge in [0.2, 0.25) is 0 Å². The highest BCUT2D eigenvalue weighted by Gasteiger charge is 2.28. The molecule has 0 atom stereocenters. The van der Waals surface area contributed by atoms with Crippen LogP contribution in [0.1, 0.15) is 46.1 Å². The molecule has 3 aromatic rings. The number of nitrogens with one attached hydrogen (secondary N) is 1. The number of rotatable bonds is 2. The van der Waals surface area contributed by atoms with Gasteiger partial charge in [-0.2, -0.15) is 0 Å². The van der Waals surface area contributed by atoms with E-state index in [1.54, 1.807) is 12.1 Å². The number of carbonyl (C=O) groups is 1. The zero-order chi connectivity index (χ0) is 17.6. The van der Waals surface area contributed by atoms with Crippen LogP contribution in [-0.2, 0) is 0 Å². The molecule has 25 heavy (non-hydrogen) atoms. The number of aromatic nitrogens is 1. The summed E-state index contributed by atoms with van der Waals surface area (Å²) in [5.74, 6) is 0.857. The molecule has 130 valence electrons. The number of aryl methyl sites for hydroxylation is 2.